The molecule has 0 radical (unpaired) electrons. The molecular formula is C15H24N2O3. The maximum Gasteiger partial charge on any atom is 0.231 e. The average Bonchev–Trinajstić information content (AvgIpc) is 2.91. The third-order valence-corrected chi connectivity index (χ3v) is 3.72. The smallest absolute Gasteiger partial charge is 0.231 e. The lowest BCUT2D eigenvalue weighted by atomic mass is 10.0. The number of hydrogen-bond donors (Lipinski definition) is 1. The molecule has 1 atom stereocenters. The highest BCUT2D eigenvalue weighted by molar-refractivity contribution is 5.55. The van der Waals surface area contributed by atoms with Crippen molar-refractivity contribution < 1.29 is 14.2 Å². The summed E-state index contributed by atoms with van der Waals surface area (Å²) in [6.07, 6.45) is 0. The van der Waals surface area contributed by atoms with Crippen LogP contribution in [0.15, 0.2) is 12.1 Å². The SMILES string of the molecule is CCN(C(C)C)C(CN)c1cc(OC)c2c(c1)OCO2. The number of benzene rings is 1. The molecule has 1 aromatic carbocycles. The van der Waals surface area contributed by atoms with Crippen molar-refractivity contribution in [1.29, 1.82) is 0 Å². The van der Waals surface area contributed by atoms with Crippen molar-refractivity contribution in [1.82, 2.24) is 4.90 Å². The van der Waals surface area contributed by atoms with Crippen LogP contribution in [0.3, 0.4) is 0 Å². The zero-order chi connectivity index (χ0) is 14.7. The zero-order valence-electron chi connectivity index (χ0n) is 12.7. The lowest BCUT2D eigenvalue weighted by molar-refractivity contribution is 0.165. The van der Waals surface area contributed by atoms with Gasteiger partial charge in [-0.3, -0.25) is 4.90 Å². The van der Waals surface area contributed by atoms with Gasteiger partial charge < -0.3 is 19.9 Å². The van der Waals surface area contributed by atoms with Crippen LogP contribution < -0.4 is 19.9 Å². The van der Waals surface area contributed by atoms with E-state index in [-0.39, 0.29) is 12.8 Å². The molecule has 0 amide bonds. The number of hydrogen-bond acceptors (Lipinski definition) is 5. The fourth-order valence-corrected chi connectivity index (χ4v) is 2.75. The first kappa shape index (κ1) is 14.9. The Morgan fingerprint density at radius 1 is 1.35 bits per heavy atom. The topological polar surface area (TPSA) is 57.0 Å². The Morgan fingerprint density at radius 2 is 2.10 bits per heavy atom. The average molecular weight is 280 g/mol. The summed E-state index contributed by atoms with van der Waals surface area (Å²) in [5.74, 6) is 2.12. The first-order valence-corrected chi connectivity index (χ1v) is 7.05. The monoisotopic (exact) mass is 280 g/mol. The number of nitrogens with two attached hydrogens (primary N) is 1. The normalized spacial score (nSPS) is 14.9. The molecular weight excluding hydrogens is 256 g/mol. The van der Waals surface area contributed by atoms with Gasteiger partial charge in [-0.25, -0.2) is 0 Å². The Hall–Kier alpha value is -1.46. The molecule has 0 fully saturated rings. The van der Waals surface area contributed by atoms with Gasteiger partial charge in [-0.05, 0) is 38.1 Å². The van der Waals surface area contributed by atoms with Gasteiger partial charge in [0.25, 0.3) is 0 Å². The molecule has 5 heteroatoms. The Labute approximate surface area is 120 Å². The predicted molar refractivity (Wildman–Crippen MR) is 78.4 cm³/mol. The summed E-state index contributed by atoms with van der Waals surface area (Å²) in [7, 11) is 1.64. The van der Waals surface area contributed by atoms with Gasteiger partial charge in [0, 0.05) is 18.6 Å². The van der Waals surface area contributed by atoms with Gasteiger partial charge in [0.2, 0.25) is 12.5 Å². The van der Waals surface area contributed by atoms with Gasteiger partial charge in [-0.1, -0.05) is 6.92 Å². The molecule has 2 N–H and O–H groups in total. The standard InChI is InChI=1S/C15H24N2O3/c1-5-17(10(2)3)12(8-16)11-6-13(18-4)15-14(7-11)19-9-20-15/h6-7,10,12H,5,8-9,16H2,1-4H3. The van der Waals surface area contributed by atoms with Crippen LogP contribution in [0.25, 0.3) is 0 Å². The molecule has 2 rings (SSSR count). The summed E-state index contributed by atoms with van der Waals surface area (Å²) >= 11 is 0. The van der Waals surface area contributed by atoms with E-state index in [1.54, 1.807) is 7.11 Å². The summed E-state index contributed by atoms with van der Waals surface area (Å²) in [5.41, 5.74) is 7.10. The lowest BCUT2D eigenvalue weighted by Gasteiger charge is -2.33. The third kappa shape index (κ3) is 2.69. The maximum atomic E-state index is 6.00. The number of likely N-dealkylation sites (N-methyl/N-ethyl adjacent to an activating group) is 1. The second-order valence-electron chi connectivity index (χ2n) is 5.13. The van der Waals surface area contributed by atoms with Crippen molar-refractivity contribution in [3.05, 3.63) is 17.7 Å². The zero-order valence-corrected chi connectivity index (χ0v) is 12.7. The van der Waals surface area contributed by atoms with Crippen molar-refractivity contribution in [3.8, 4) is 17.2 Å². The molecule has 0 bridgehead atoms. The molecule has 0 saturated carbocycles. The molecule has 5 nitrogen and oxygen atoms in total. The third-order valence-electron chi connectivity index (χ3n) is 3.72. The van der Waals surface area contributed by atoms with E-state index < -0.39 is 0 Å². The molecule has 0 spiro atoms. The first-order valence-electron chi connectivity index (χ1n) is 7.05. The van der Waals surface area contributed by atoms with E-state index in [1.807, 2.05) is 12.1 Å². The van der Waals surface area contributed by atoms with Crippen molar-refractivity contribution >= 4 is 0 Å². The summed E-state index contributed by atoms with van der Waals surface area (Å²) in [6, 6.07) is 4.57. The van der Waals surface area contributed by atoms with E-state index in [0.29, 0.717) is 24.1 Å². The van der Waals surface area contributed by atoms with Crippen LogP contribution in [0.5, 0.6) is 17.2 Å². The van der Waals surface area contributed by atoms with Gasteiger partial charge in [-0.2, -0.15) is 0 Å². The Kier molecular flexibility index (Phi) is 4.73. The van der Waals surface area contributed by atoms with Crippen molar-refractivity contribution in [2.45, 2.75) is 32.9 Å². The second-order valence-corrected chi connectivity index (χ2v) is 5.13. The molecule has 112 valence electrons. The van der Waals surface area contributed by atoms with Crippen molar-refractivity contribution in [2.75, 3.05) is 27.0 Å². The first-order chi connectivity index (χ1) is 9.62. The molecule has 0 saturated heterocycles. The highest BCUT2D eigenvalue weighted by atomic mass is 16.7. The van der Waals surface area contributed by atoms with E-state index in [1.165, 1.54) is 0 Å². The number of methoxy groups -OCH3 is 1. The van der Waals surface area contributed by atoms with Crippen LogP contribution in [0, 0.1) is 0 Å². The molecule has 1 aliphatic heterocycles. The summed E-state index contributed by atoms with van der Waals surface area (Å²) in [4.78, 5) is 2.36. The molecule has 0 aromatic heterocycles. The van der Waals surface area contributed by atoms with Crippen LogP contribution in [-0.4, -0.2) is 37.9 Å². The summed E-state index contributed by atoms with van der Waals surface area (Å²) < 4.78 is 16.3. The van der Waals surface area contributed by atoms with Gasteiger partial charge in [0.1, 0.15) is 0 Å². The largest absolute Gasteiger partial charge is 0.493 e. The summed E-state index contributed by atoms with van der Waals surface area (Å²) in [5, 5.41) is 0. The van der Waals surface area contributed by atoms with E-state index in [4.69, 9.17) is 19.9 Å². The van der Waals surface area contributed by atoms with Gasteiger partial charge in [-0.15, -0.1) is 0 Å². The van der Waals surface area contributed by atoms with Crippen LogP contribution in [0.4, 0.5) is 0 Å². The molecule has 1 heterocycles. The minimum absolute atomic E-state index is 0.142. The Bertz CT molecular complexity index is 463. The quantitative estimate of drug-likeness (QED) is 0.865. The van der Waals surface area contributed by atoms with Crippen LogP contribution in [-0.2, 0) is 0 Å². The minimum Gasteiger partial charge on any atom is -0.493 e. The van der Waals surface area contributed by atoms with Crippen molar-refractivity contribution in [2.24, 2.45) is 5.73 Å². The van der Waals surface area contributed by atoms with Gasteiger partial charge in [0.15, 0.2) is 11.5 Å². The van der Waals surface area contributed by atoms with Crippen molar-refractivity contribution in [3.63, 3.8) is 0 Å². The van der Waals surface area contributed by atoms with Gasteiger partial charge in [0.05, 0.1) is 7.11 Å². The van der Waals surface area contributed by atoms with E-state index in [2.05, 4.69) is 25.7 Å². The maximum absolute atomic E-state index is 6.00. The molecule has 20 heavy (non-hydrogen) atoms. The van der Waals surface area contributed by atoms with Crippen LogP contribution in [0.2, 0.25) is 0 Å². The second kappa shape index (κ2) is 6.33. The number of fused-ring (bicyclic) bond motifs is 1. The highest BCUT2D eigenvalue weighted by Gasteiger charge is 2.26. The van der Waals surface area contributed by atoms with Crippen LogP contribution in [0.1, 0.15) is 32.4 Å². The fourth-order valence-electron chi connectivity index (χ4n) is 2.75. The fraction of sp³-hybridized carbons (Fsp3) is 0.600. The summed E-state index contributed by atoms with van der Waals surface area (Å²) in [6.45, 7) is 8.23. The number of ether oxygens (including phenoxy) is 3. The number of rotatable bonds is 6. The Morgan fingerprint density at radius 3 is 2.65 bits per heavy atom. The lowest BCUT2D eigenvalue weighted by Crippen LogP contribution is -2.38. The molecule has 1 aromatic rings. The number of nitrogens with zero attached hydrogens (tertiary/aromatic N) is 1. The van der Waals surface area contributed by atoms with E-state index in [0.717, 1.165) is 17.9 Å². The van der Waals surface area contributed by atoms with E-state index >= 15 is 0 Å². The molecule has 1 unspecified atom stereocenters. The highest BCUT2D eigenvalue weighted by Crippen LogP contribution is 2.43. The molecule has 1 aliphatic rings. The van der Waals surface area contributed by atoms with E-state index in [9.17, 15) is 0 Å². The minimum atomic E-state index is 0.142. The van der Waals surface area contributed by atoms with Gasteiger partial charge >= 0.3 is 0 Å². The predicted octanol–water partition coefficient (Wildman–Crippen LogP) is 2.15. The Balaban J connectivity index is 2.40. The van der Waals surface area contributed by atoms with Crippen LogP contribution >= 0.6 is 0 Å². The molecule has 0 aliphatic carbocycles.